The van der Waals surface area contributed by atoms with Crippen LogP contribution < -0.4 is 5.73 Å². The Labute approximate surface area is 192 Å². The van der Waals surface area contributed by atoms with E-state index in [9.17, 15) is 23.1 Å². The number of hydrogen-bond donors (Lipinski definition) is 2. The molecular weight excluding hydrogens is 454 g/mol. The molecule has 1 aliphatic carbocycles. The SMILES string of the molecule is NC1CCC(C(=O)N2CCN(S(=O)(=O)c3ccc4cc(Cl)ccc4c3)CC2C(=O)O)CC1. The summed E-state index contributed by atoms with van der Waals surface area (Å²) in [6, 6.07) is 8.75. The Bertz CT molecular complexity index is 1150. The number of halogens is 1. The van der Waals surface area contributed by atoms with E-state index in [0.717, 1.165) is 27.9 Å². The minimum Gasteiger partial charge on any atom is -0.480 e. The highest BCUT2D eigenvalue weighted by Crippen LogP contribution is 2.29. The summed E-state index contributed by atoms with van der Waals surface area (Å²) in [4.78, 5) is 26.4. The molecule has 3 N–H and O–H groups in total. The number of aliphatic carboxylic acids is 1. The molecule has 0 aromatic heterocycles. The first-order valence-electron chi connectivity index (χ1n) is 10.6. The quantitative estimate of drug-likeness (QED) is 0.694. The smallest absolute Gasteiger partial charge is 0.327 e. The van der Waals surface area contributed by atoms with Crippen molar-refractivity contribution >= 4 is 44.3 Å². The van der Waals surface area contributed by atoms with Crippen LogP contribution in [-0.2, 0) is 19.6 Å². The van der Waals surface area contributed by atoms with Gasteiger partial charge in [0, 0.05) is 36.6 Å². The van der Waals surface area contributed by atoms with Gasteiger partial charge in [-0.1, -0.05) is 23.7 Å². The Morgan fingerprint density at radius 2 is 1.66 bits per heavy atom. The fourth-order valence-electron chi connectivity index (χ4n) is 4.56. The fraction of sp³-hybridized carbons (Fsp3) is 0.455. The number of rotatable bonds is 4. The molecule has 2 aromatic carbocycles. The molecule has 1 unspecified atom stereocenters. The summed E-state index contributed by atoms with van der Waals surface area (Å²) < 4.78 is 27.7. The zero-order valence-electron chi connectivity index (χ0n) is 17.5. The molecule has 8 nitrogen and oxygen atoms in total. The van der Waals surface area contributed by atoms with Gasteiger partial charge in [0.2, 0.25) is 15.9 Å². The van der Waals surface area contributed by atoms with Crippen LogP contribution in [0.3, 0.4) is 0 Å². The Hall–Kier alpha value is -2.20. The summed E-state index contributed by atoms with van der Waals surface area (Å²) in [5.74, 6) is -1.69. The maximum atomic E-state index is 13.3. The van der Waals surface area contributed by atoms with Crippen molar-refractivity contribution in [3.8, 4) is 0 Å². The number of carbonyl (C=O) groups is 2. The molecule has 10 heteroatoms. The third-order valence-electron chi connectivity index (χ3n) is 6.44. The predicted molar refractivity (Wildman–Crippen MR) is 121 cm³/mol. The van der Waals surface area contributed by atoms with Gasteiger partial charge in [0.25, 0.3) is 0 Å². The average Bonchev–Trinajstić information content (AvgIpc) is 2.78. The van der Waals surface area contributed by atoms with Gasteiger partial charge in [0.15, 0.2) is 0 Å². The number of piperazine rings is 1. The number of carbonyl (C=O) groups excluding carboxylic acids is 1. The number of benzene rings is 2. The van der Waals surface area contributed by atoms with Crippen LogP contribution in [0.5, 0.6) is 0 Å². The summed E-state index contributed by atoms with van der Waals surface area (Å²) >= 11 is 6.00. The van der Waals surface area contributed by atoms with Crippen LogP contribution in [-0.4, -0.2) is 66.3 Å². The minimum absolute atomic E-state index is 0.0424. The lowest BCUT2D eigenvalue weighted by Crippen LogP contribution is -2.60. The summed E-state index contributed by atoms with van der Waals surface area (Å²) in [5.41, 5.74) is 5.92. The lowest BCUT2D eigenvalue weighted by molar-refractivity contribution is -0.155. The van der Waals surface area contributed by atoms with Gasteiger partial charge in [-0.25, -0.2) is 13.2 Å². The highest BCUT2D eigenvalue weighted by Gasteiger charge is 2.42. The maximum Gasteiger partial charge on any atom is 0.327 e. The van der Waals surface area contributed by atoms with Gasteiger partial charge in [-0.15, -0.1) is 0 Å². The van der Waals surface area contributed by atoms with E-state index in [2.05, 4.69) is 0 Å². The van der Waals surface area contributed by atoms with Crippen LogP contribution >= 0.6 is 11.6 Å². The van der Waals surface area contributed by atoms with Gasteiger partial charge < -0.3 is 15.7 Å². The molecule has 1 saturated heterocycles. The van der Waals surface area contributed by atoms with Crippen molar-refractivity contribution in [1.29, 1.82) is 0 Å². The maximum absolute atomic E-state index is 13.3. The first-order chi connectivity index (χ1) is 15.2. The zero-order chi connectivity index (χ0) is 23.0. The Kier molecular flexibility index (Phi) is 6.44. The molecule has 1 atom stereocenters. The van der Waals surface area contributed by atoms with Crippen LogP contribution in [0.4, 0.5) is 0 Å². The number of amides is 1. The van der Waals surface area contributed by atoms with Crippen molar-refractivity contribution in [1.82, 2.24) is 9.21 Å². The predicted octanol–water partition coefficient (Wildman–Crippen LogP) is 2.30. The van der Waals surface area contributed by atoms with Gasteiger partial charge in [0.1, 0.15) is 6.04 Å². The Balaban J connectivity index is 1.55. The van der Waals surface area contributed by atoms with E-state index in [-0.39, 0.29) is 42.4 Å². The first kappa shape index (κ1) is 23.0. The number of fused-ring (bicyclic) bond motifs is 1. The largest absolute Gasteiger partial charge is 0.480 e. The number of carboxylic acid groups (broad SMARTS) is 1. The Morgan fingerprint density at radius 1 is 1.00 bits per heavy atom. The molecule has 0 bridgehead atoms. The molecule has 1 saturated carbocycles. The van der Waals surface area contributed by atoms with Crippen molar-refractivity contribution in [2.75, 3.05) is 19.6 Å². The van der Waals surface area contributed by atoms with Crippen molar-refractivity contribution in [2.24, 2.45) is 11.7 Å². The van der Waals surface area contributed by atoms with E-state index < -0.39 is 22.0 Å². The van der Waals surface area contributed by atoms with E-state index in [1.165, 1.54) is 11.0 Å². The molecule has 1 heterocycles. The van der Waals surface area contributed by atoms with Crippen LogP contribution in [0.25, 0.3) is 10.8 Å². The standard InChI is InChI=1S/C22H26ClN3O5S/c23-17-5-1-16-12-19(8-4-15(16)11-17)32(30,31)25-9-10-26(20(13-25)22(28)29)21(27)14-2-6-18(24)7-3-14/h1,4-5,8,11-12,14,18,20H,2-3,6-7,9-10,13,24H2,(H,28,29). The van der Waals surface area contributed by atoms with Crippen molar-refractivity contribution in [3.63, 3.8) is 0 Å². The molecule has 4 rings (SSSR count). The normalized spacial score (nSPS) is 25.1. The summed E-state index contributed by atoms with van der Waals surface area (Å²) in [6.07, 6.45) is 2.73. The molecule has 172 valence electrons. The molecule has 0 radical (unpaired) electrons. The fourth-order valence-corrected chi connectivity index (χ4v) is 6.21. The molecule has 1 amide bonds. The van der Waals surface area contributed by atoms with Crippen LogP contribution in [0.15, 0.2) is 41.3 Å². The lowest BCUT2D eigenvalue weighted by Gasteiger charge is -2.40. The van der Waals surface area contributed by atoms with E-state index >= 15 is 0 Å². The number of carboxylic acids is 1. The third kappa shape index (κ3) is 4.47. The third-order valence-corrected chi connectivity index (χ3v) is 8.54. The van der Waals surface area contributed by atoms with Gasteiger partial charge in [0.05, 0.1) is 4.90 Å². The molecule has 1 aliphatic heterocycles. The molecule has 2 aliphatic rings. The second-order valence-electron chi connectivity index (χ2n) is 8.51. The number of hydrogen-bond acceptors (Lipinski definition) is 5. The van der Waals surface area contributed by atoms with Gasteiger partial charge in [-0.05, 0) is 60.7 Å². The Morgan fingerprint density at radius 3 is 2.34 bits per heavy atom. The van der Waals surface area contributed by atoms with E-state index in [0.29, 0.717) is 17.9 Å². The van der Waals surface area contributed by atoms with E-state index in [1.54, 1.807) is 30.3 Å². The molecular formula is C22H26ClN3O5S. The van der Waals surface area contributed by atoms with Gasteiger partial charge in [-0.2, -0.15) is 4.31 Å². The zero-order valence-corrected chi connectivity index (χ0v) is 19.1. The second-order valence-corrected chi connectivity index (χ2v) is 10.9. The number of nitrogens with zero attached hydrogens (tertiary/aromatic N) is 2. The minimum atomic E-state index is -3.93. The highest BCUT2D eigenvalue weighted by atomic mass is 35.5. The monoisotopic (exact) mass is 479 g/mol. The van der Waals surface area contributed by atoms with Crippen LogP contribution in [0.1, 0.15) is 25.7 Å². The van der Waals surface area contributed by atoms with Crippen molar-refractivity contribution in [3.05, 3.63) is 41.4 Å². The molecule has 2 fully saturated rings. The van der Waals surface area contributed by atoms with E-state index in [1.807, 2.05) is 0 Å². The summed E-state index contributed by atoms with van der Waals surface area (Å²) in [6.45, 7) is -0.197. The lowest BCUT2D eigenvalue weighted by atomic mass is 9.85. The van der Waals surface area contributed by atoms with Crippen LogP contribution in [0.2, 0.25) is 5.02 Å². The molecule has 32 heavy (non-hydrogen) atoms. The summed E-state index contributed by atoms with van der Waals surface area (Å²) in [7, 11) is -3.93. The van der Waals surface area contributed by atoms with Gasteiger partial charge >= 0.3 is 5.97 Å². The first-order valence-corrected chi connectivity index (χ1v) is 12.5. The highest BCUT2D eigenvalue weighted by molar-refractivity contribution is 7.89. The van der Waals surface area contributed by atoms with E-state index in [4.69, 9.17) is 17.3 Å². The molecule has 0 spiro atoms. The average molecular weight is 480 g/mol. The van der Waals surface area contributed by atoms with Crippen molar-refractivity contribution < 1.29 is 23.1 Å². The van der Waals surface area contributed by atoms with Crippen molar-refractivity contribution in [2.45, 2.75) is 42.7 Å². The van der Waals surface area contributed by atoms with Gasteiger partial charge in [-0.3, -0.25) is 4.79 Å². The summed E-state index contributed by atoms with van der Waals surface area (Å²) in [5, 5.41) is 11.9. The second kappa shape index (κ2) is 8.97. The van der Waals surface area contributed by atoms with Crippen LogP contribution in [0, 0.1) is 5.92 Å². The number of sulfonamides is 1. The molecule has 2 aromatic rings. The topological polar surface area (TPSA) is 121 Å². The number of nitrogens with two attached hydrogens (primary N) is 1.